The van der Waals surface area contributed by atoms with E-state index in [2.05, 4.69) is 25.4 Å². The average Bonchev–Trinajstić information content (AvgIpc) is 2.80. The SMILES string of the molecule is CC(NC(=O)C1CCCN(c2ccc(-c3ccncc3)nn2)C1)c1ccccc1. The van der Waals surface area contributed by atoms with Crippen molar-refractivity contribution in [2.45, 2.75) is 25.8 Å². The molecule has 1 N–H and O–H groups in total. The summed E-state index contributed by atoms with van der Waals surface area (Å²) < 4.78 is 0. The Morgan fingerprint density at radius 3 is 2.59 bits per heavy atom. The van der Waals surface area contributed by atoms with Gasteiger partial charge in [-0.2, -0.15) is 0 Å². The number of pyridine rings is 1. The molecule has 4 rings (SSSR count). The van der Waals surface area contributed by atoms with Gasteiger partial charge in [-0.25, -0.2) is 0 Å². The van der Waals surface area contributed by atoms with Crippen LogP contribution in [0.4, 0.5) is 5.82 Å². The molecule has 2 aromatic heterocycles. The van der Waals surface area contributed by atoms with Crippen molar-refractivity contribution in [1.82, 2.24) is 20.5 Å². The second kappa shape index (κ2) is 8.82. The molecule has 29 heavy (non-hydrogen) atoms. The molecule has 1 amide bonds. The number of carbonyl (C=O) groups is 1. The molecule has 0 aliphatic carbocycles. The molecule has 1 aromatic carbocycles. The van der Waals surface area contributed by atoms with Crippen LogP contribution in [0.1, 0.15) is 31.4 Å². The Labute approximate surface area is 171 Å². The Hall–Kier alpha value is -3.28. The van der Waals surface area contributed by atoms with Crippen LogP contribution in [0, 0.1) is 5.92 Å². The molecule has 0 saturated carbocycles. The number of hydrogen-bond donors (Lipinski definition) is 1. The third-order valence-electron chi connectivity index (χ3n) is 5.40. The Kier molecular flexibility index (Phi) is 5.79. The molecule has 3 aromatic rings. The van der Waals surface area contributed by atoms with Gasteiger partial charge >= 0.3 is 0 Å². The lowest BCUT2D eigenvalue weighted by atomic mass is 9.96. The summed E-state index contributed by atoms with van der Waals surface area (Å²) in [6.07, 6.45) is 5.35. The van der Waals surface area contributed by atoms with Gasteiger partial charge in [-0.15, -0.1) is 10.2 Å². The standard InChI is InChI=1S/C23H25N5O/c1-17(18-6-3-2-4-7-18)25-23(29)20-8-5-15-28(16-20)22-10-9-21(26-27-22)19-11-13-24-14-12-19/h2-4,6-7,9-14,17,20H,5,8,15-16H2,1H3,(H,25,29). The van der Waals surface area contributed by atoms with Gasteiger partial charge in [0, 0.05) is 31.0 Å². The van der Waals surface area contributed by atoms with Crippen molar-refractivity contribution in [3.63, 3.8) is 0 Å². The first kappa shape index (κ1) is 19.1. The van der Waals surface area contributed by atoms with Gasteiger partial charge in [-0.1, -0.05) is 30.3 Å². The molecular weight excluding hydrogens is 362 g/mol. The molecule has 148 valence electrons. The first-order valence-corrected chi connectivity index (χ1v) is 10.0. The van der Waals surface area contributed by atoms with Crippen LogP contribution in [-0.4, -0.2) is 34.2 Å². The minimum Gasteiger partial charge on any atom is -0.354 e. The summed E-state index contributed by atoms with van der Waals surface area (Å²) >= 11 is 0. The van der Waals surface area contributed by atoms with Gasteiger partial charge in [0.1, 0.15) is 0 Å². The molecule has 6 heteroatoms. The Morgan fingerprint density at radius 2 is 1.86 bits per heavy atom. The lowest BCUT2D eigenvalue weighted by Crippen LogP contribution is -2.44. The predicted molar refractivity (Wildman–Crippen MR) is 113 cm³/mol. The number of hydrogen-bond acceptors (Lipinski definition) is 5. The van der Waals surface area contributed by atoms with Crippen LogP contribution in [0.5, 0.6) is 0 Å². The summed E-state index contributed by atoms with van der Waals surface area (Å²) in [6.45, 7) is 3.58. The van der Waals surface area contributed by atoms with Crippen LogP contribution in [0.3, 0.4) is 0 Å². The van der Waals surface area contributed by atoms with Crippen molar-refractivity contribution in [1.29, 1.82) is 0 Å². The zero-order valence-electron chi connectivity index (χ0n) is 16.5. The summed E-state index contributed by atoms with van der Waals surface area (Å²) in [7, 11) is 0. The topological polar surface area (TPSA) is 71.0 Å². The van der Waals surface area contributed by atoms with E-state index in [0.29, 0.717) is 6.54 Å². The van der Waals surface area contributed by atoms with E-state index >= 15 is 0 Å². The van der Waals surface area contributed by atoms with Crippen LogP contribution in [0.25, 0.3) is 11.3 Å². The highest BCUT2D eigenvalue weighted by molar-refractivity contribution is 5.80. The first-order chi connectivity index (χ1) is 14.2. The molecule has 1 saturated heterocycles. The van der Waals surface area contributed by atoms with Gasteiger partial charge in [-0.05, 0) is 49.6 Å². The highest BCUT2D eigenvalue weighted by Gasteiger charge is 2.27. The maximum absolute atomic E-state index is 12.8. The Bertz CT molecular complexity index is 931. The highest BCUT2D eigenvalue weighted by atomic mass is 16.2. The number of nitrogens with one attached hydrogen (secondary N) is 1. The van der Waals surface area contributed by atoms with Crippen molar-refractivity contribution in [2.75, 3.05) is 18.0 Å². The zero-order chi connectivity index (χ0) is 20.1. The molecular formula is C23H25N5O. The molecule has 3 heterocycles. The lowest BCUT2D eigenvalue weighted by Gasteiger charge is -2.33. The second-order valence-electron chi connectivity index (χ2n) is 7.44. The summed E-state index contributed by atoms with van der Waals surface area (Å²) in [5.74, 6) is 0.875. The van der Waals surface area contributed by atoms with Crippen LogP contribution in [-0.2, 0) is 4.79 Å². The third-order valence-corrected chi connectivity index (χ3v) is 5.40. The normalized spacial score (nSPS) is 17.6. The van der Waals surface area contributed by atoms with Gasteiger partial charge in [0.05, 0.1) is 17.7 Å². The summed E-state index contributed by atoms with van der Waals surface area (Å²) in [6, 6.07) is 17.8. The largest absolute Gasteiger partial charge is 0.354 e. The fourth-order valence-electron chi connectivity index (χ4n) is 3.73. The smallest absolute Gasteiger partial charge is 0.225 e. The molecule has 0 spiro atoms. The van der Waals surface area contributed by atoms with Crippen LogP contribution < -0.4 is 10.2 Å². The Balaban J connectivity index is 1.39. The number of aromatic nitrogens is 3. The summed E-state index contributed by atoms with van der Waals surface area (Å²) in [5.41, 5.74) is 2.93. The molecule has 2 unspecified atom stereocenters. The van der Waals surface area contributed by atoms with Crippen molar-refractivity contribution < 1.29 is 4.79 Å². The van der Waals surface area contributed by atoms with E-state index in [9.17, 15) is 4.79 Å². The number of nitrogens with zero attached hydrogens (tertiary/aromatic N) is 4. The van der Waals surface area contributed by atoms with E-state index in [-0.39, 0.29) is 17.9 Å². The number of benzene rings is 1. The zero-order valence-corrected chi connectivity index (χ0v) is 16.5. The second-order valence-corrected chi connectivity index (χ2v) is 7.44. The maximum Gasteiger partial charge on any atom is 0.225 e. The van der Waals surface area contributed by atoms with E-state index in [4.69, 9.17) is 0 Å². The van der Waals surface area contributed by atoms with Gasteiger partial charge in [0.25, 0.3) is 0 Å². The maximum atomic E-state index is 12.8. The average molecular weight is 387 g/mol. The Morgan fingerprint density at radius 1 is 1.07 bits per heavy atom. The van der Waals surface area contributed by atoms with Gasteiger partial charge in [0.2, 0.25) is 5.91 Å². The summed E-state index contributed by atoms with van der Waals surface area (Å²) in [5, 5.41) is 11.9. The lowest BCUT2D eigenvalue weighted by molar-refractivity contribution is -0.125. The number of rotatable bonds is 5. The number of carbonyl (C=O) groups excluding carboxylic acids is 1. The number of anilines is 1. The van der Waals surface area contributed by atoms with E-state index in [1.54, 1.807) is 12.4 Å². The minimum atomic E-state index is -0.0448. The molecule has 2 atom stereocenters. The van der Waals surface area contributed by atoms with E-state index in [1.165, 1.54) is 0 Å². The van der Waals surface area contributed by atoms with Crippen LogP contribution in [0.15, 0.2) is 67.0 Å². The molecule has 1 fully saturated rings. The molecule has 1 aliphatic rings. The highest BCUT2D eigenvalue weighted by Crippen LogP contribution is 2.24. The van der Waals surface area contributed by atoms with Gasteiger partial charge in [-0.3, -0.25) is 9.78 Å². The number of piperidine rings is 1. The van der Waals surface area contributed by atoms with Crippen molar-refractivity contribution in [3.8, 4) is 11.3 Å². The molecule has 1 aliphatic heterocycles. The van der Waals surface area contributed by atoms with E-state index in [0.717, 1.165) is 42.0 Å². The van der Waals surface area contributed by atoms with E-state index < -0.39 is 0 Å². The number of amides is 1. The molecule has 0 radical (unpaired) electrons. The predicted octanol–water partition coefficient (Wildman–Crippen LogP) is 3.63. The first-order valence-electron chi connectivity index (χ1n) is 10.0. The summed E-state index contributed by atoms with van der Waals surface area (Å²) in [4.78, 5) is 19.0. The van der Waals surface area contributed by atoms with Crippen molar-refractivity contribution in [3.05, 3.63) is 72.6 Å². The van der Waals surface area contributed by atoms with Crippen LogP contribution in [0.2, 0.25) is 0 Å². The van der Waals surface area contributed by atoms with Crippen molar-refractivity contribution in [2.24, 2.45) is 5.92 Å². The fourth-order valence-corrected chi connectivity index (χ4v) is 3.73. The minimum absolute atomic E-state index is 0.00138. The third kappa shape index (κ3) is 4.59. The quantitative estimate of drug-likeness (QED) is 0.724. The fraction of sp³-hybridized carbons (Fsp3) is 0.304. The molecule has 0 bridgehead atoms. The van der Waals surface area contributed by atoms with Crippen LogP contribution >= 0.6 is 0 Å². The van der Waals surface area contributed by atoms with Gasteiger partial charge in [0.15, 0.2) is 5.82 Å². The molecule has 6 nitrogen and oxygen atoms in total. The van der Waals surface area contributed by atoms with Crippen molar-refractivity contribution >= 4 is 11.7 Å². The van der Waals surface area contributed by atoms with E-state index in [1.807, 2.05) is 61.5 Å². The monoisotopic (exact) mass is 387 g/mol. The van der Waals surface area contributed by atoms with Gasteiger partial charge < -0.3 is 10.2 Å².